The van der Waals surface area contributed by atoms with E-state index in [0.717, 1.165) is 5.56 Å². The van der Waals surface area contributed by atoms with E-state index in [4.69, 9.17) is 15.9 Å². The molecule has 0 spiro atoms. The second-order valence-electron chi connectivity index (χ2n) is 6.41. The molecule has 0 aliphatic carbocycles. The average molecular weight is 327 g/mol. The van der Waals surface area contributed by atoms with Gasteiger partial charge in [0.1, 0.15) is 12.2 Å². The summed E-state index contributed by atoms with van der Waals surface area (Å²) in [4.78, 5) is 14.1. The van der Waals surface area contributed by atoms with Gasteiger partial charge in [0, 0.05) is 19.9 Å². The number of terminal acetylenes is 1. The lowest BCUT2D eigenvalue weighted by Gasteiger charge is -2.35. The molecule has 1 aliphatic rings. The molecule has 1 fully saturated rings. The first-order valence-electron chi connectivity index (χ1n) is 8.10. The molecule has 2 rings (SSSR count). The van der Waals surface area contributed by atoms with Crippen LogP contribution in [0.25, 0.3) is 0 Å². The normalized spacial score (nSPS) is 23.2. The summed E-state index contributed by atoms with van der Waals surface area (Å²) in [6.07, 6.45) is 7.02. The zero-order chi connectivity index (χ0) is 17.7. The molecule has 128 valence electrons. The first-order valence-corrected chi connectivity index (χ1v) is 8.10. The van der Waals surface area contributed by atoms with Crippen LogP contribution in [0.15, 0.2) is 43.0 Å². The van der Waals surface area contributed by atoms with Crippen molar-refractivity contribution in [2.45, 2.75) is 57.8 Å². The number of hydrogen-bond acceptors (Lipinski definition) is 3. The van der Waals surface area contributed by atoms with Gasteiger partial charge in [-0.1, -0.05) is 36.4 Å². The summed E-state index contributed by atoms with van der Waals surface area (Å²) in [5.74, 6) is 1.90. The van der Waals surface area contributed by atoms with Gasteiger partial charge < -0.3 is 14.4 Å². The molecular formula is C20H25NO3. The molecule has 1 aromatic carbocycles. The Balaban J connectivity index is 2.30. The van der Waals surface area contributed by atoms with Crippen LogP contribution in [-0.4, -0.2) is 34.8 Å². The maximum atomic E-state index is 12.3. The molecule has 4 nitrogen and oxygen atoms in total. The zero-order valence-electron chi connectivity index (χ0n) is 14.6. The minimum absolute atomic E-state index is 0.0461. The van der Waals surface area contributed by atoms with E-state index in [0.29, 0.717) is 13.0 Å². The highest BCUT2D eigenvalue weighted by Gasteiger charge is 2.45. The average Bonchev–Trinajstić information content (AvgIpc) is 2.86. The van der Waals surface area contributed by atoms with Crippen molar-refractivity contribution in [3.05, 3.63) is 48.6 Å². The van der Waals surface area contributed by atoms with Crippen molar-refractivity contribution >= 4 is 5.91 Å². The number of amides is 1. The highest BCUT2D eigenvalue weighted by molar-refractivity contribution is 5.73. The van der Waals surface area contributed by atoms with Gasteiger partial charge in [0.15, 0.2) is 5.79 Å². The Kier molecular flexibility index (Phi) is 5.82. The summed E-state index contributed by atoms with van der Waals surface area (Å²) in [5.41, 5.74) is 1.04. The minimum atomic E-state index is -0.731. The zero-order valence-corrected chi connectivity index (χ0v) is 14.6. The third-order valence-electron chi connectivity index (χ3n) is 4.10. The molecule has 0 bridgehead atoms. The van der Waals surface area contributed by atoms with E-state index in [9.17, 15) is 4.79 Å². The standard InChI is InChI=1S/C20H25NO3/c1-6-11-17(19-18(7-2)23-20(4,5)24-19)21(15(3)22)14-16-12-9-8-10-13-16/h1,7-10,12-13,17-19H,2,11,14H2,3-5H3/t17-,18+,19-/m0/s1. The predicted octanol–water partition coefficient (Wildman–Crippen LogP) is 3.13. The van der Waals surface area contributed by atoms with Crippen LogP contribution >= 0.6 is 0 Å². The molecule has 0 saturated carbocycles. The Morgan fingerprint density at radius 3 is 2.62 bits per heavy atom. The van der Waals surface area contributed by atoms with Gasteiger partial charge in [-0.3, -0.25) is 4.79 Å². The van der Waals surface area contributed by atoms with Crippen molar-refractivity contribution in [1.82, 2.24) is 4.90 Å². The lowest BCUT2D eigenvalue weighted by molar-refractivity contribution is -0.154. The first kappa shape index (κ1) is 18.3. The molecule has 1 saturated heterocycles. The molecule has 0 N–H and O–H groups in total. The van der Waals surface area contributed by atoms with E-state index in [-0.39, 0.29) is 24.2 Å². The number of benzene rings is 1. The maximum Gasteiger partial charge on any atom is 0.220 e. The van der Waals surface area contributed by atoms with Gasteiger partial charge >= 0.3 is 0 Å². The van der Waals surface area contributed by atoms with E-state index in [1.807, 2.05) is 44.2 Å². The van der Waals surface area contributed by atoms with Gasteiger partial charge in [-0.2, -0.15) is 0 Å². The van der Waals surface area contributed by atoms with Crippen LogP contribution < -0.4 is 0 Å². The van der Waals surface area contributed by atoms with Crippen LogP contribution in [0.4, 0.5) is 0 Å². The Morgan fingerprint density at radius 1 is 1.42 bits per heavy atom. The third kappa shape index (κ3) is 4.25. The van der Waals surface area contributed by atoms with Crippen molar-refractivity contribution in [2.24, 2.45) is 0 Å². The number of carbonyl (C=O) groups is 1. The van der Waals surface area contributed by atoms with E-state index < -0.39 is 5.79 Å². The SMILES string of the molecule is C#CC[C@@H]([C@@H]1OC(C)(C)O[C@@H]1C=C)N(Cc1ccccc1)C(C)=O. The second kappa shape index (κ2) is 7.65. The minimum Gasteiger partial charge on any atom is -0.342 e. The molecule has 1 aromatic rings. The fourth-order valence-corrected chi connectivity index (χ4v) is 3.06. The summed E-state index contributed by atoms with van der Waals surface area (Å²) in [6, 6.07) is 9.55. The fourth-order valence-electron chi connectivity index (χ4n) is 3.06. The smallest absolute Gasteiger partial charge is 0.220 e. The topological polar surface area (TPSA) is 38.8 Å². The van der Waals surface area contributed by atoms with Crippen molar-refractivity contribution in [3.63, 3.8) is 0 Å². The molecule has 1 heterocycles. The second-order valence-corrected chi connectivity index (χ2v) is 6.41. The first-order chi connectivity index (χ1) is 11.4. The van der Waals surface area contributed by atoms with Crippen molar-refractivity contribution in [3.8, 4) is 12.3 Å². The number of rotatable bonds is 6. The number of hydrogen-bond donors (Lipinski definition) is 0. The van der Waals surface area contributed by atoms with Crippen LogP contribution in [0.3, 0.4) is 0 Å². The van der Waals surface area contributed by atoms with Gasteiger partial charge in [-0.25, -0.2) is 0 Å². The van der Waals surface area contributed by atoms with Gasteiger partial charge in [0.2, 0.25) is 5.91 Å². The Hall–Kier alpha value is -2.09. The molecule has 0 unspecified atom stereocenters. The number of ether oxygens (including phenoxy) is 2. The predicted molar refractivity (Wildman–Crippen MR) is 93.9 cm³/mol. The Labute approximate surface area is 144 Å². The summed E-state index contributed by atoms with van der Waals surface area (Å²) in [7, 11) is 0. The monoisotopic (exact) mass is 327 g/mol. The van der Waals surface area contributed by atoms with E-state index >= 15 is 0 Å². The summed E-state index contributed by atoms with van der Waals surface area (Å²) >= 11 is 0. The molecule has 4 heteroatoms. The largest absolute Gasteiger partial charge is 0.342 e. The van der Waals surface area contributed by atoms with Gasteiger partial charge in [-0.05, 0) is 19.4 Å². The van der Waals surface area contributed by atoms with Crippen LogP contribution in [0.5, 0.6) is 0 Å². The lowest BCUT2D eigenvalue weighted by atomic mass is 9.99. The highest BCUT2D eigenvalue weighted by Crippen LogP contribution is 2.33. The highest BCUT2D eigenvalue weighted by atomic mass is 16.8. The molecule has 1 aliphatic heterocycles. The number of nitrogens with zero attached hydrogens (tertiary/aromatic N) is 1. The fraction of sp³-hybridized carbons (Fsp3) is 0.450. The van der Waals surface area contributed by atoms with E-state index in [1.165, 1.54) is 0 Å². The van der Waals surface area contributed by atoms with Crippen molar-refractivity contribution in [2.75, 3.05) is 0 Å². The summed E-state index contributed by atoms with van der Waals surface area (Å²) in [6.45, 7) is 9.57. The Morgan fingerprint density at radius 2 is 2.08 bits per heavy atom. The van der Waals surface area contributed by atoms with Crippen LogP contribution in [-0.2, 0) is 20.8 Å². The van der Waals surface area contributed by atoms with Crippen LogP contribution in [0.1, 0.15) is 32.8 Å². The van der Waals surface area contributed by atoms with E-state index in [2.05, 4.69) is 12.5 Å². The molecule has 0 radical (unpaired) electrons. The van der Waals surface area contributed by atoms with Crippen molar-refractivity contribution < 1.29 is 14.3 Å². The third-order valence-corrected chi connectivity index (χ3v) is 4.10. The van der Waals surface area contributed by atoms with Gasteiger partial charge in [0.05, 0.1) is 6.04 Å². The molecule has 0 aromatic heterocycles. The molecular weight excluding hydrogens is 302 g/mol. The summed E-state index contributed by atoms with van der Waals surface area (Å²) in [5, 5.41) is 0. The van der Waals surface area contributed by atoms with Crippen molar-refractivity contribution in [1.29, 1.82) is 0 Å². The van der Waals surface area contributed by atoms with E-state index in [1.54, 1.807) is 17.9 Å². The quantitative estimate of drug-likeness (QED) is 0.595. The molecule has 3 atom stereocenters. The number of carbonyl (C=O) groups excluding carboxylic acids is 1. The maximum absolute atomic E-state index is 12.3. The molecule has 24 heavy (non-hydrogen) atoms. The van der Waals surface area contributed by atoms with Gasteiger partial charge in [0.25, 0.3) is 0 Å². The van der Waals surface area contributed by atoms with Crippen LogP contribution in [0, 0.1) is 12.3 Å². The summed E-state index contributed by atoms with van der Waals surface area (Å²) < 4.78 is 11.9. The van der Waals surface area contributed by atoms with Gasteiger partial charge in [-0.15, -0.1) is 18.9 Å². The molecule has 1 amide bonds. The Bertz CT molecular complexity index is 618. The lowest BCUT2D eigenvalue weighted by Crippen LogP contribution is -2.49. The van der Waals surface area contributed by atoms with Crippen LogP contribution in [0.2, 0.25) is 0 Å².